The van der Waals surface area contributed by atoms with E-state index in [-0.39, 0.29) is 11.2 Å². The molecule has 0 spiro atoms. The standard InChI is InChI=1S/C16H21NO3S/c1-12-3-5-15(6-4-12)21(19,20)17-8-7-14-10-16(14,11-17)9-13(2)18/h3-6,14H,7-11H2,1-2H3/t14-,16-/m1/s1. The highest BCUT2D eigenvalue weighted by Crippen LogP contribution is 2.60. The molecule has 0 N–H and O–H groups in total. The van der Waals surface area contributed by atoms with Gasteiger partial charge >= 0.3 is 0 Å². The maximum absolute atomic E-state index is 12.7. The molecule has 1 saturated carbocycles. The van der Waals surface area contributed by atoms with Crippen LogP contribution in [0.1, 0.15) is 31.7 Å². The first kappa shape index (κ1) is 14.7. The van der Waals surface area contributed by atoms with Gasteiger partial charge in [-0.3, -0.25) is 0 Å². The minimum atomic E-state index is -3.44. The smallest absolute Gasteiger partial charge is 0.243 e. The Morgan fingerprint density at radius 1 is 1.33 bits per heavy atom. The number of carbonyl (C=O) groups excluding carboxylic acids is 1. The van der Waals surface area contributed by atoms with Crippen molar-refractivity contribution in [3.8, 4) is 0 Å². The van der Waals surface area contributed by atoms with Gasteiger partial charge in [-0.05, 0) is 50.2 Å². The second-order valence-corrected chi connectivity index (χ2v) is 8.52. The zero-order chi connectivity index (χ0) is 15.3. The lowest BCUT2D eigenvalue weighted by Crippen LogP contribution is -2.41. The van der Waals surface area contributed by atoms with E-state index in [0.29, 0.717) is 30.3 Å². The lowest BCUT2D eigenvalue weighted by Gasteiger charge is -2.31. The van der Waals surface area contributed by atoms with Crippen LogP contribution >= 0.6 is 0 Å². The maximum Gasteiger partial charge on any atom is 0.243 e. The van der Waals surface area contributed by atoms with Gasteiger partial charge < -0.3 is 4.79 Å². The van der Waals surface area contributed by atoms with Crippen LogP contribution in [0.25, 0.3) is 0 Å². The molecule has 4 nitrogen and oxygen atoms in total. The fourth-order valence-corrected chi connectivity index (χ4v) is 5.15. The fourth-order valence-electron chi connectivity index (χ4n) is 3.60. The largest absolute Gasteiger partial charge is 0.300 e. The van der Waals surface area contributed by atoms with Crippen LogP contribution in [0.2, 0.25) is 0 Å². The van der Waals surface area contributed by atoms with E-state index in [0.717, 1.165) is 18.4 Å². The molecule has 1 saturated heterocycles. The molecular formula is C16H21NO3S. The number of hydrogen-bond acceptors (Lipinski definition) is 3. The van der Waals surface area contributed by atoms with Gasteiger partial charge in [-0.1, -0.05) is 17.7 Å². The van der Waals surface area contributed by atoms with Gasteiger partial charge in [-0.25, -0.2) is 8.42 Å². The number of rotatable bonds is 4. The van der Waals surface area contributed by atoms with Gasteiger partial charge in [0.2, 0.25) is 10.0 Å². The first-order valence-corrected chi connectivity index (χ1v) is 8.84. The molecule has 1 aliphatic heterocycles. The molecule has 114 valence electrons. The van der Waals surface area contributed by atoms with Gasteiger partial charge in [-0.2, -0.15) is 4.31 Å². The van der Waals surface area contributed by atoms with Crippen molar-refractivity contribution in [1.29, 1.82) is 0 Å². The highest BCUT2D eigenvalue weighted by atomic mass is 32.2. The van der Waals surface area contributed by atoms with Crippen molar-refractivity contribution in [2.24, 2.45) is 11.3 Å². The summed E-state index contributed by atoms with van der Waals surface area (Å²) in [5, 5.41) is 0. The SMILES string of the molecule is CC(=O)C[C@]12C[C@H]1CCN(S(=O)(=O)c1ccc(C)cc1)C2. The first-order chi connectivity index (χ1) is 9.83. The molecule has 1 aromatic carbocycles. The monoisotopic (exact) mass is 307 g/mol. The Morgan fingerprint density at radius 3 is 2.62 bits per heavy atom. The minimum absolute atomic E-state index is 0.0815. The Hall–Kier alpha value is -1.20. The number of ketones is 1. The summed E-state index contributed by atoms with van der Waals surface area (Å²) in [4.78, 5) is 11.8. The normalized spacial score (nSPS) is 29.0. The van der Waals surface area contributed by atoms with Crippen molar-refractivity contribution < 1.29 is 13.2 Å². The van der Waals surface area contributed by atoms with Crippen LogP contribution in [0.3, 0.4) is 0 Å². The summed E-state index contributed by atoms with van der Waals surface area (Å²) in [6, 6.07) is 6.98. The average Bonchev–Trinajstić information content (AvgIpc) is 3.10. The van der Waals surface area contributed by atoms with Crippen LogP contribution in [0.15, 0.2) is 29.2 Å². The number of sulfonamides is 1. The Balaban J connectivity index is 1.83. The molecule has 5 heteroatoms. The molecule has 0 unspecified atom stereocenters. The number of carbonyl (C=O) groups is 1. The molecule has 0 aromatic heterocycles. The van der Waals surface area contributed by atoms with Crippen molar-refractivity contribution in [1.82, 2.24) is 4.31 Å². The molecule has 2 fully saturated rings. The third-order valence-electron chi connectivity index (χ3n) is 4.84. The molecule has 1 heterocycles. The third-order valence-corrected chi connectivity index (χ3v) is 6.70. The van der Waals surface area contributed by atoms with Gasteiger partial charge in [0, 0.05) is 19.5 Å². The fraction of sp³-hybridized carbons (Fsp3) is 0.562. The lowest BCUT2D eigenvalue weighted by atomic mass is 9.93. The van der Waals surface area contributed by atoms with E-state index in [1.54, 1.807) is 23.4 Å². The number of nitrogens with zero attached hydrogens (tertiary/aromatic N) is 1. The molecule has 1 aliphatic carbocycles. The number of hydrogen-bond donors (Lipinski definition) is 0. The molecule has 21 heavy (non-hydrogen) atoms. The quantitative estimate of drug-likeness (QED) is 0.858. The van der Waals surface area contributed by atoms with E-state index in [4.69, 9.17) is 0 Å². The summed E-state index contributed by atoms with van der Waals surface area (Å²) in [6.45, 7) is 4.60. The predicted octanol–water partition coefficient (Wildman–Crippen LogP) is 2.37. The van der Waals surface area contributed by atoms with E-state index in [2.05, 4.69) is 0 Å². The van der Waals surface area contributed by atoms with Gasteiger partial charge in [0.15, 0.2) is 0 Å². The molecular weight excluding hydrogens is 286 g/mol. The van der Waals surface area contributed by atoms with Crippen LogP contribution in [0.4, 0.5) is 0 Å². The lowest BCUT2D eigenvalue weighted by molar-refractivity contribution is -0.118. The molecule has 0 bridgehead atoms. The van der Waals surface area contributed by atoms with Crippen molar-refractivity contribution in [2.75, 3.05) is 13.1 Å². The number of Topliss-reactive ketones (excluding diaryl/α,β-unsaturated/α-hetero) is 1. The van der Waals surface area contributed by atoms with Gasteiger partial charge in [0.05, 0.1) is 4.90 Å². The van der Waals surface area contributed by atoms with E-state index < -0.39 is 10.0 Å². The topological polar surface area (TPSA) is 54.5 Å². The molecule has 0 radical (unpaired) electrons. The van der Waals surface area contributed by atoms with Crippen LogP contribution in [0, 0.1) is 18.3 Å². The molecule has 3 rings (SSSR count). The van der Waals surface area contributed by atoms with E-state index in [1.165, 1.54) is 0 Å². The highest BCUT2D eigenvalue weighted by molar-refractivity contribution is 7.89. The number of benzene rings is 1. The Bertz CT molecular complexity index is 665. The molecule has 1 aromatic rings. The number of fused-ring (bicyclic) bond motifs is 1. The molecule has 2 aliphatic rings. The van der Waals surface area contributed by atoms with Crippen LogP contribution < -0.4 is 0 Å². The Labute approximate surface area is 126 Å². The average molecular weight is 307 g/mol. The molecule has 2 atom stereocenters. The van der Waals surface area contributed by atoms with Crippen molar-refractivity contribution in [2.45, 2.75) is 38.0 Å². The highest BCUT2D eigenvalue weighted by Gasteiger charge is 2.58. The predicted molar refractivity (Wildman–Crippen MR) is 80.4 cm³/mol. The van der Waals surface area contributed by atoms with Gasteiger partial charge in [0.1, 0.15) is 5.78 Å². The van der Waals surface area contributed by atoms with Gasteiger partial charge in [-0.15, -0.1) is 0 Å². The molecule has 0 amide bonds. The number of aryl methyl sites for hydroxylation is 1. The van der Waals surface area contributed by atoms with Crippen LogP contribution in [-0.4, -0.2) is 31.6 Å². The van der Waals surface area contributed by atoms with Crippen LogP contribution in [0.5, 0.6) is 0 Å². The van der Waals surface area contributed by atoms with E-state index in [9.17, 15) is 13.2 Å². The maximum atomic E-state index is 12.7. The Morgan fingerprint density at radius 2 is 2.00 bits per heavy atom. The third kappa shape index (κ3) is 2.64. The summed E-state index contributed by atoms with van der Waals surface area (Å²) in [5.74, 6) is 0.693. The van der Waals surface area contributed by atoms with E-state index in [1.807, 2.05) is 19.1 Å². The summed E-state index contributed by atoms with van der Waals surface area (Å²) < 4.78 is 27.0. The summed E-state index contributed by atoms with van der Waals surface area (Å²) in [6.07, 6.45) is 2.38. The van der Waals surface area contributed by atoms with Crippen molar-refractivity contribution >= 4 is 15.8 Å². The zero-order valence-electron chi connectivity index (χ0n) is 12.5. The minimum Gasteiger partial charge on any atom is -0.300 e. The number of piperidine rings is 1. The van der Waals surface area contributed by atoms with E-state index >= 15 is 0 Å². The van der Waals surface area contributed by atoms with Crippen LogP contribution in [-0.2, 0) is 14.8 Å². The second kappa shape index (κ2) is 4.92. The van der Waals surface area contributed by atoms with Crippen molar-refractivity contribution in [3.63, 3.8) is 0 Å². The summed E-state index contributed by atoms with van der Waals surface area (Å²) in [5.41, 5.74) is 0.963. The second-order valence-electron chi connectivity index (χ2n) is 6.58. The van der Waals surface area contributed by atoms with Crippen molar-refractivity contribution in [3.05, 3.63) is 29.8 Å². The Kier molecular flexibility index (Phi) is 3.45. The summed E-state index contributed by atoms with van der Waals surface area (Å²) in [7, 11) is -3.44. The summed E-state index contributed by atoms with van der Waals surface area (Å²) >= 11 is 0. The zero-order valence-corrected chi connectivity index (χ0v) is 13.3. The first-order valence-electron chi connectivity index (χ1n) is 7.40. The van der Waals surface area contributed by atoms with Gasteiger partial charge in [0.25, 0.3) is 0 Å².